The summed E-state index contributed by atoms with van der Waals surface area (Å²) in [6.45, 7) is 4.78. The van der Waals surface area contributed by atoms with Gasteiger partial charge in [0.15, 0.2) is 5.84 Å². The van der Waals surface area contributed by atoms with Crippen LogP contribution in [-0.4, -0.2) is 40.2 Å². The first-order chi connectivity index (χ1) is 15.0. The Kier molecular flexibility index (Phi) is 6.18. The summed E-state index contributed by atoms with van der Waals surface area (Å²) in [5, 5.41) is 15.4. The molecule has 1 amide bonds. The molecule has 2 aliphatic rings. The Bertz CT molecular complexity index is 1120. The molecule has 0 saturated heterocycles. The van der Waals surface area contributed by atoms with E-state index in [1.54, 1.807) is 6.08 Å². The molecule has 2 aromatic carbocycles. The Morgan fingerprint density at radius 2 is 1.94 bits per heavy atom. The van der Waals surface area contributed by atoms with Gasteiger partial charge in [0.25, 0.3) is 5.91 Å². The molecule has 0 unspecified atom stereocenters. The fourth-order valence-electron chi connectivity index (χ4n) is 3.06. The van der Waals surface area contributed by atoms with Crippen LogP contribution < -0.4 is 9.47 Å². The van der Waals surface area contributed by atoms with Gasteiger partial charge in [-0.05, 0) is 60.5 Å². The lowest BCUT2D eigenvalue weighted by Gasteiger charge is -2.20. The Balaban J connectivity index is 1.42. The number of ether oxygens (including phenoxy) is 2. The number of carbonyl (C=O) groups is 1. The van der Waals surface area contributed by atoms with E-state index in [0.29, 0.717) is 24.1 Å². The highest BCUT2D eigenvalue weighted by Gasteiger charge is 2.35. The standard InChI is InChI=1S/C23H22N4O3S/c1-3-20-26-27-21(24)18(22(28)25-23(27)31-20)14-16-8-6-9-17(13-16)29-11-12-30-19-10-5-4-7-15(19)2/h4-10,13-14,24H,3,11-12H2,1-2H3. The summed E-state index contributed by atoms with van der Waals surface area (Å²) in [6, 6.07) is 15.2. The van der Waals surface area contributed by atoms with Gasteiger partial charge in [0, 0.05) is 0 Å². The van der Waals surface area contributed by atoms with Crippen molar-refractivity contribution in [2.45, 2.75) is 20.3 Å². The Hall–Kier alpha value is -3.39. The highest BCUT2D eigenvalue weighted by atomic mass is 32.2. The van der Waals surface area contributed by atoms with Crippen LogP contribution in [-0.2, 0) is 4.79 Å². The number of para-hydroxylation sites is 1. The SMILES string of the molecule is CCC1=NN2C(=N)C(=Cc3cccc(OCCOc4ccccc4C)c3)C(=O)N=C2S1. The third kappa shape index (κ3) is 4.69. The van der Waals surface area contributed by atoms with Crippen molar-refractivity contribution >= 4 is 39.8 Å². The number of carbonyl (C=O) groups excluding carboxylic acids is 1. The number of aliphatic imine (C=N–C) groups is 1. The van der Waals surface area contributed by atoms with Gasteiger partial charge in [0.05, 0.1) is 5.57 Å². The summed E-state index contributed by atoms with van der Waals surface area (Å²) >= 11 is 1.33. The zero-order chi connectivity index (χ0) is 21.8. The number of fused-ring (bicyclic) bond motifs is 1. The maximum atomic E-state index is 12.5. The minimum absolute atomic E-state index is 0.0314. The number of rotatable bonds is 7. The quantitative estimate of drug-likeness (QED) is 0.513. The molecule has 0 atom stereocenters. The number of hydrogen-bond acceptors (Lipinski definition) is 6. The fraction of sp³-hybridized carbons (Fsp3) is 0.217. The number of amides is 1. The molecular formula is C23H22N4O3S. The number of hydrazone groups is 1. The first-order valence-electron chi connectivity index (χ1n) is 9.95. The van der Waals surface area contributed by atoms with Gasteiger partial charge in [-0.25, -0.2) is 0 Å². The van der Waals surface area contributed by atoms with Gasteiger partial charge in [-0.2, -0.15) is 15.1 Å². The normalized spacial score (nSPS) is 16.8. The van der Waals surface area contributed by atoms with Crippen molar-refractivity contribution < 1.29 is 14.3 Å². The maximum Gasteiger partial charge on any atom is 0.283 e. The van der Waals surface area contributed by atoms with Gasteiger partial charge in [0.2, 0.25) is 5.17 Å². The van der Waals surface area contributed by atoms with Crippen molar-refractivity contribution in [3.8, 4) is 11.5 Å². The van der Waals surface area contributed by atoms with Crippen molar-refractivity contribution in [3.63, 3.8) is 0 Å². The van der Waals surface area contributed by atoms with Crippen molar-refractivity contribution in [3.05, 3.63) is 65.2 Å². The first-order valence-corrected chi connectivity index (χ1v) is 10.8. The van der Waals surface area contributed by atoms with Gasteiger partial charge >= 0.3 is 0 Å². The second-order valence-electron chi connectivity index (χ2n) is 6.90. The topological polar surface area (TPSA) is 87.3 Å². The second-order valence-corrected chi connectivity index (χ2v) is 7.94. The van der Waals surface area contributed by atoms with Gasteiger partial charge in [-0.1, -0.05) is 37.3 Å². The predicted molar refractivity (Wildman–Crippen MR) is 124 cm³/mol. The van der Waals surface area contributed by atoms with Crippen LogP contribution in [0.5, 0.6) is 11.5 Å². The number of nitrogens with one attached hydrogen (secondary N) is 1. The molecule has 2 aliphatic heterocycles. The molecular weight excluding hydrogens is 412 g/mol. The Labute approximate surface area is 185 Å². The number of amidine groups is 2. The molecule has 158 valence electrons. The molecule has 1 N–H and O–H groups in total. The molecule has 7 nitrogen and oxygen atoms in total. The van der Waals surface area contributed by atoms with Crippen LogP contribution in [0.15, 0.2) is 64.2 Å². The Morgan fingerprint density at radius 1 is 1.13 bits per heavy atom. The maximum absolute atomic E-state index is 12.5. The van der Waals surface area contributed by atoms with Gasteiger partial charge in [0.1, 0.15) is 29.8 Å². The minimum Gasteiger partial charge on any atom is -0.490 e. The highest BCUT2D eigenvalue weighted by molar-refractivity contribution is 8.26. The van der Waals surface area contributed by atoms with E-state index in [0.717, 1.165) is 28.3 Å². The lowest BCUT2D eigenvalue weighted by atomic mass is 10.1. The second kappa shape index (κ2) is 9.18. The van der Waals surface area contributed by atoms with E-state index >= 15 is 0 Å². The average Bonchev–Trinajstić information content (AvgIpc) is 3.19. The van der Waals surface area contributed by atoms with Crippen LogP contribution in [0.4, 0.5) is 0 Å². The summed E-state index contributed by atoms with van der Waals surface area (Å²) in [7, 11) is 0. The van der Waals surface area contributed by atoms with Crippen molar-refractivity contribution in [2.24, 2.45) is 10.1 Å². The molecule has 8 heteroatoms. The molecule has 2 heterocycles. The molecule has 0 fully saturated rings. The first kappa shape index (κ1) is 20.9. The smallest absolute Gasteiger partial charge is 0.283 e. The summed E-state index contributed by atoms with van der Waals surface area (Å²) in [5.74, 6) is 1.09. The molecule has 0 saturated carbocycles. The van der Waals surface area contributed by atoms with Gasteiger partial charge in [-0.15, -0.1) is 0 Å². The van der Waals surface area contributed by atoms with Crippen LogP contribution >= 0.6 is 11.8 Å². The van der Waals surface area contributed by atoms with Crippen LogP contribution in [0.25, 0.3) is 6.08 Å². The van der Waals surface area contributed by atoms with E-state index in [4.69, 9.17) is 14.9 Å². The van der Waals surface area contributed by atoms with Crippen molar-refractivity contribution in [1.82, 2.24) is 5.01 Å². The van der Waals surface area contributed by atoms with Crippen molar-refractivity contribution in [1.29, 1.82) is 5.41 Å². The number of aryl methyl sites for hydroxylation is 1. The highest BCUT2D eigenvalue weighted by Crippen LogP contribution is 2.29. The average molecular weight is 435 g/mol. The molecule has 31 heavy (non-hydrogen) atoms. The molecule has 0 aromatic heterocycles. The number of benzene rings is 2. The zero-order valence-corrected chi connectivity index (χ0v) is 18.1. The van der Waals surface area contributed by atoms with Gasteiger partial charge < -0.3 is 9.47 Å². The molecule has 0 spiro atoms. The van der Waals surface area contributed by atoms with Gasteiger partial charge in [-0.3, -0.25) is 10.2 Å². The van der Waals surface area contributed by atoms with E-state index in [-0.39, 0.29) is 11.4 Å². The third-order valence-electron chi connectivity index (χ3n) is 4.67. The van der Waals surface area contributed by atoms with Crippen LogP contribution in [0, 0.1) is 12.3 Å². The summed E-state index contributed by atoms with van der Waals surface area (Å²) in [5.41, 5.74) is 2.02. The molecule has 0 aliphatic carbocycles. The van der Waals surface area contributed by atoms with Crippen LogP contribution in [0.1, 0.15) is 24.5 Å². The van der Waals surface area contributed by atoms with Crippen LogP contribution in [0.3, 0.4) is 0 Å². The van der Waals surface area contributed by atoms with E-state index in [2.05, 4.69) is 10.1 Å². The van der Waals surface area contributed by atoms with Crippen molar-refractivity contribution in [2.75, 3.05) is 13.2 Å². The number of nitrogens with zero attached hydrogens (tertiary/aromatic N) is 3. The third-order valence-corrected chi connectivity index (χ3v) is 5.72. The summed E-state index contributed by atoms with van der Waals surface area (Å²) in [6.07, 6.45) is 2.37. The molecule has 4 rings (SSSR count). The van der Waals surface area contributed by atoms with E-state index in [1.807, 2.05) is 62.4 Å². The number of thioether (sulfide) groups is 1. The largest absolute Gasteiger partial charge is 0.490 e. The lowest BCUT2D eigenvalue weighted by Crippen LogP contribution is -2.35. The minimum atomic E-state index is -0.436. The fourth-order valence-corrected chi connectivity index (χ4v) is 3.89. The van der Waals surface area contributed by atoms with E-state index < -0.39 is 5.91 Å². The molecule has 2 aromatic rings. The van der Waals surface area contributed by atoms with Crippen LogP contribution in [0.2, 0.25) is 0 Å². The monoisotopic (exact) mass is 434 g/mol. The summed E-state index contributed by atoms with van der Waals surface area (Å²) in [4.78, 5) is 16.6. The molecule has 0 radical (unpaired) electrons. The predicted octanol–water partition coefficient (Wildman–Crippen LogP) is 4.48. The van der Waals surface area contributed by atoms with E-state index in [1.165, 1.54) is 16.8 Å². The molecule has 0 bridgehead atoms. The Morgan fingerprint density at radius 3 is 2.74 bits per heavy atom. The summed E-state index contributed by atoms with van der Waals surface area (Å²) < 4.78 is 11.5. The lowest BCUT2D eigenvalue weighted by molar-refractivity contribution is -0.114. The van der Waals surface area contributed by atoms with E-state index in [9.17, 15) is 4.79 Å². The number of hydrogen-bond donors (Lipinski definition) is 1. The zero-order valence-electron chi connectivity index (χ0n) is 17.3.